The molecule has 2 amide bonds. The van der Waals surface area contributed by atoms with Crippen molar-refractivity contribution in [1.82, 2.24) is 9.80 Å². The number of methoxy groups -OCH3 is 2. The Labute approximate surface area is 199 Å². The van der Waals surface area contributed by atoms with Gasteiger partial charge in [-0.05, 0) is 42.7 Å². The summed E-state index contributed by atoms with van der Waals surface area (Å²) in [5.41, 5.74) is 5.02. The van der Waals surface area contributed by atoms with Gasteiger partial charge in [0.2, 0.25) is 5.91 Å². The van der Waals surface area contributed by atoms with Crippen LogP contribution in [-0.4, -0.2) is 74.7 Å². The molecule has 0 saturated carbocycles. The number of carbonyl (C=O) groups is 2. The highest BCUT2D eigenvalue weighted by molar-refractivity contribution is 5.96. The standard InChI is InChI=1S/C26H31N3O5/c1-16-12-18-13-19(34-25(18)20-5-7-23(30)27-24(16)20)15-28-8-10-29(11-9-28)26(31)17-4-6-21(32-2)22(14-17)33-3/h4,6,12,14,19H,5,7-11,13,15H2,1-3H3,(H,27,30). The van der Waals surface area contributed by atoms with Crippen LogP contribution < -0.4 is 19.5 Å². The Bertz CT molecular complexity index is 1120. The number of piperazine rings is 1. The molecule has 2 aromatic rings. The Morgan fingerprint density at radius 3 is 2.59 bits per heavy atom. The molecule has 1 N–H and O–H groups in total. The van der Waals surface area contributed by atoms with Crippen LogP contribution in [0.1, 0.15) is 33.5 Å². The van der Waals surface area contributed by atoms with Crippen molar-refractivity contribution in [3.05, 3.63) is 46.5 Å². The third-order valence-electron chi connectivity index (χ3n) is 7.00. The van der Waals surface area contributed by atoms with Crippen LogP contribution in [0.3, 0.4) is 0 Å². The van der Waals surface area contributed by atoms with E-state index in [1.165, 1.54) is 5.56 Å². The largest absolute Gasteiger partial charge is 0.493 e. The maximum Gasteiger partial charge on any atom is 0.254 e. The Morgan fingerprint density at radius 1 is 1.09 bits per heavy atom. The number of nitrogens with zero attached hydrogens (tertiary/aromatic N) is 2. The number of carbonyl (C=O) groups excluding carboxylic acids is 2. The number of ether oxygens (including phenoxy) is 3. The highest BCUT2D eigenvalue weighted by Crippen LogP contribution is 2.41. The first-order valence-electron chi connectivity index (χ1n) is 11.8. The van der Waals surface area contributed by atoms with Crippen LogP contribution in [0.2, 0.25) is 0 Å². The van der Waals surface area contributed by atoms with Gasteiger partial charge in [0.15, 0.2) is 11.5 Å². The Hall–Kier alpha value is -3.26. The minimum atomic E-state index is 0.00859. The number of hydrogen-bond acceptors (Lipinski definition) is 6. The molecule has 0 aliphatic carbocycles. The van der Waals surface area contributed by atoms with Gasteiger partial charge < -0.3 is 24.4 Å². The van der Waals surface area contributed by atoms with Crippen LogP contribution in [0.25, 0.3) is 0 Å². The van der Waals surface area contributed by atoms with Gasteiger partial charge in [0.05, 0.1) is 19.9 Å². The van der Waals surface area contributed by atoms with Gasteiger partial charge in [-0.25, -0.2) is 0 Å². The summed E-state index contributed by atoms with van der Waals surface area (Å²) < 4.78 is 17.0. The molecule has 5 rings (SSSR count). The van der Waals surface area contributed by atoms with Crippen LogP contribution in [0.15, 0.2) is 24.3 Å². The average Bonchev–Trinajstić information content (AvgIpc) is 3.25. The zero-order valence-corrected chi connectivity index (χ0v) is 20.0. The van der Waals surface area contributed by atoms with E-state index in [1.807, 2.05) is 11.8 Å². The maximum absolute atomic E-state index is 13.0. The summed E-state index contributed by atoms with van der Waals surface area (Å²) in [4.78, 5) is 29.1. The normalized spacial score (nSPS) is 19.7. The minimum absolute atomic E-state index is 0.00859. The lowest BCUT2D eigenvalue weighted by molar-refractivity contribution is -0.116. The average molecular weight is 466 g/mol. The number of rotatable bonds is 5. The predicted octanol–water partition coefficient (Wildman–Crippen LogP) is 2.66. The van der Waals surface area contributed by atoms with Crippen molar-refractivity contribution in [2.24, 2.45) is 0 Å². The van der Waals surface area contributed by atoms with E-state index in [9.17, 15) is 9.59 Å². The summed E-state index contributed by atoms with van der Waals surface area (Å²) in [6.07, 6.45) is 2.20. The SMILES string of the molecule is COc1ccc(C(=O)N2CCN(CC3Cc4cc(C)c5c(c4O3)CCC(=O)N5)CC2)cc1OC. The lowest BCUT2D eigenvalue weighted by Gasteiger charge is -2.35. The predicted molar refractivity (Wildman–Crippen MR) is 128 cm³/mol. The van der Waals surface area contributed by atoms with Gasteiger partial charge >= 0.3 is 0 Å². The van der Waals surface area contributed by atoms with Crippen molar-refractivity contribution in [2.75, 3.05) is 52.3 Å². The molecule has 34 heavy (non-hydrogen) atoms. The molecular formula is C26H31N3O5. The molecule has 0 radical (unpaired) electrons. The van der Waals surface area contributed by atoms with Crippen LogP contribution in [0, 0.1) is 6.92 Å². The summed E-state index contributed by atoms with van der Waals surface area (Å²) >= 11 is 0. The molecule has 8 nitrogen and oxygen atoms in total. The van der Waals surface area contributed by atoms with Crippen LogP contribution in [0.5, 0.6) is 17.2 Å². The van der Waals surface area contributed by atoms with E-state index in [-0.39, 0.29) is 17.9 Å². The van der Waals surface area contributed by atoms with E-state index >= 15 is 0 Å². The van der Waals surface area contributed by atoms with Crippen LogP contribution in [0.4, 0.5) is 5.69 Å². The van der Waals surface area contributed by atoms with Gasteiger partial charge in [-0.15, -0.1) is 0 Å². The summed E-state index contributed by atoms with van der Waals surface area (Å²) in [6.45, 7) is 5.84. The molecule has 0 spiro atoms. The van der Waals surface area contributed by atoms with Gasteiger partial charge in [-0.3, -0.25) is 14.5 Å². The van der Waals surface area contributed by atoms with Gasteiger partial charge in [-0.1, -0.05) is 6.07 Å². The molecule has 1 unspecified atom stereocenters. The van der Waals surface area contributed by atoms with Crippen molar-refractivity contribution in [3.8, 4) is 17.2 Å². The second kappa shape index (κ2) is 9.18. The van der Waals surface area contributed by atoms with Gasteiger partial charge in [-0.2, -0.15) is 0 Å². The molecule has 1 saturated heterocycles. The summed E-state index contributed by atoms with van der Waals surface area (Å²) in [5.74, 6) is 2.22. The van der Waals surface area contributed by atoms with Crippen LogP contribution in [-0.2, 0) is 17.6 Å². The first kappa shape index (κ1) is 22.5. The fourth-order valence-electron chi connectivity index (χ4n) is 5.22. The van der Waals surface area contributed by atoms with Crippen molar-refractivity contribution < 1.29 is 23.8 Å². The second-order valence-corrected chi connectivity index (χ2v) is 9.19. The van der Waals surface area contributed by atoms with Crippen molar-refractivity contribution >= 4 is 17.5 Å². The Kier molecular flexibility index (Phi) is 6.08. The number of fused-ring (bicyclic) bond motifs is 3. The molecule has 0 aromatic heterocycles. The summed E-state index contributed by atoms with van der Waals surface area (Å²) in [5, 5.41) is 3.01. The van der Waals surface area contributed by atoms with E-state index in [0.29, 0.717) is 36.6 Å². The Balaban J connectivity index is 1.18. The molecule has 3 aliphatic rings. The minimum Gasteiger partial charge on any atom is -0.493 e. The van der Waals surface area contributed by atoms with E-state index in [1.54, 1.807) is 32.4 Å². The summed E-state index contributed by atoms with van der Waals surface area (Å²) in [6, 6.07) is 7.44. The van der Waals surface area contributed by atoms with E-state index in [2.05, 4.69) is 16.3 Å². The molecular weight excluding hydrogens is 434 g/mol. The number of anilines is 1. The Morgan fingerprint density at radius 2 is 1.85 bits per heavy atom. The second-order valence-electron chi connectivity index (χ2n) is 9.19. The zero-order valence-electron chi connectivity index (χ0n) is 20.0. The first-order valence-corrected chi connectivity index (χ1v) is 11.8. The van der Waals surface area contributed by atoms with E-state index in [4.69, 9.17) is 14.2 Å². The molecule has 1 fully saturated rings. The van der Waals surface area contributed by atoms with Gasteiger partial charge in [0.25, 0.3) is 5.91 Å². The molecule has 0 bridgehead atoms. The monoisotopic (exact) mass is 465 g/mol. The first-order chi connectivity index (χ1) is 16.5. The van der Waals surface area contributed by atoms with Crippen molar-refractivity contribution in [3.63, 3.8) is 0 Å². The van der Waals surface area contributed by atoms with E-state index in [0.717, 1.165) is 55.0 Å². The van der Waals surface area contributed by atoms with Crippen molar-refractivity contribution in [1.29, 1.82) is 0 Å². The molecule has 3 heterocycles. The van der Waals surface area contributed by atoms with Gasteiger partial charge in [0, 0.05) is 56.7 Å². The lowest BCUT2D eigenvalue weighted by atomic mass is 9.94. The molecule has 3 aliphatic heterocycles. The highest BCUT2D eigenvalue weighted by Gasteiger charge is 2.32. The third kappa shape index (κ3) is 4.18. The highest BCUT2D eigenvalue weighted by atomic mass is 16.5. The molecule has 8 heteroatoms. The van der Waals surface area contributed by atoms with Gasteiger partial charge in [0.1, 0.15) is 11.9 Å². The maximum atomic E-state index is 13.0. The van der Waals surface area contributed by atoms with E-state index < -0.39 is 0 Å². The summed E-state index contributed by atoms with van der Waals surface area (Å²) in [7, 11) is 3.15. The molecule has 1 atom stereocenters. The smallest absolute Gasteiger partial charge is 0.254 e. The molecule has 180 valence electrons. The molecule has 2 aromatic carbocycles. The lowest BCUT2D eigenvalue weighted by Crippen LogP contribution is -2.50. The number of benzene rings is 2. The number of amides is 2. The number of aryl methyl sites for hydroxylation is 1. The number of hydrogen-bond donors (Lipinski definition) is 1. The fraction of sp³-hybridized carbons (Fsp3) is 0.462. The van der Waals surface area contributed by atoms with Crippen molar-refractivity contribution in [2.45, 2.75) is 32.3 Å². The topological polar surface area (TPSA) is 80.3 Å². The quantitative estimate of drug-likeness (QED) is 0.732. The third-order valence-corrected chi connectivity index (χ3v) is 7.00. The van der Waals surface area contributed by atoms with Crippen LogP contribution >= 0.6 is 0 Å². The fourth-order valence-corrected chi connectivity index (χ4v) is 5.22. The zero-order chi connectivity index (χ0) is 23.8. The number of nitrogens with one attached hydrogen (secondary N) is 1.